The fourth-order valence-electron chi connectivity index (χ4n) is 1.93. The molecule has 0 radical (unpaired) electrons. The molecule has 1 heterocycles. The second-order valence-corrected chi connectivity index (χ2v) is 4.65. The van der Waals surface area contributed by atoms with Crippen molar-refractivity contribution in [2.45, 2.75) is 46.1 Å². The van der Waals surface area contributed by atoms with Gasteiger partial charge in [0.15, 0.2) is 0 Å². The van der Waals surface area contributed by atoms with Gasteiger partial charge < -0.3 is 5.32 Å². The van der Waals surface area contributed by atoms with Crippen LogP contribution in [0.1, 0.15) is 44.4 Å². The van der Waals surface area contributed by atoms with Gasteiger partial charge in [-0.3, -0.25) is 15.1 Å². The van der Waals surface area contributed by atoms with E-state index in [1.54, 1.807) is 19.2 Å². The van der Waals surface area contributed by atoms with E-state index in [-0.39, 0.29) is 22.6 Å². The summed E-state index contributed by atoms with van der Waals surface area (Å²) in [5.74, 6) is 0.0110. The third-order valence-corrected chi connectivity index (χ3v) is 3.23. The smallest absolute Gasteiger partial charge is 0.293 e. The van der Waals surface area contributed by atoms with Crippen molar-refractivity contribution in [3.8, 4) is 0 Å². The topological polar surface area (TPSA) is 68.1 Å². The van der Waals surface area contributed by atoms with E-state index in [0.717, 1.165) is 13.0 Å². The molecule has 2 atom stereocenters. The van der Waals surface area contributed by atoms with Gasteiger partial charge in [0.2, 0.25) is 0 Å². The first kappa shape index (κ1) is 14.6. The summed E-state index contributed by atoms with van der Waals surface area (Å²) in [5, 5.41) is 14.5. The highest BCUT2D eigenvalue weighted by Gasteiger charge is 2.26. The van der Waals surface area contributed by atoms with Gasteiger partial charge in [-0.2, -0.15) is 0 Å². The number of aromatic nitrogens is 1. The van der Waals surface area contributed by atoms with Gasteiger partial charge in [0, 0.05) is 23.7 Å². The number of pyridine rings is 1. The first-order valence-corrected chi connectivity index (χ1v) is 6.32. The predicted octanol–water partition coefficient (Wildman–Crippen LogP) is 2.79. The van der Waals surface area contributed by atoms with Crippen molar-refractivity contribution >= 4 is 5.69 Å². The quantitative estimate of drug-likeness (QED) is 0.623. The van der Waals surface area contributed by atoms with Crippen LogP contribution in [0.25, 0.3) is 0 Å². The highest BCUT2D eigenvalue weighted by Crippen LogP contribution is 2.29. The molecular formula is C13H21N3O2. The average molecular weight is 251 g/mol. The Hall–Kier alpha value is -1.49. The van der Waals surface area contributed by atoms with E-state index in [4.69, 9.17) is 0 Å². The minimum atomic E-state index is -0.333. The molecule has 0 fully saturated rings. The molecule has 2 unspecified atom stereocenters. The van der Waals surface area contributed by atoms with Crippen LogP contribution in [0, 0.1) is 17.0 Å². The summed E-state index contributed by atoms with van der Waals surface area (Å²) in [7, 11) is 0. The molecule has 0 amide bonds. The molecule has 5 heteroatoms. The Labute approximate surface area is 108 Å². The van der Waals surface area contributed by atoms with Crippen LogP contribution in [0.2, 0.25) is 0 Å². The molecule has 100 valence electrons. The van der Waals surface area contributed by atoms with E-state index in [1.165, 1.54) is 0 Å². The Bertz CT molecular complexity index is 421. The molecule has 0 bridgehead atoms. The molecular weight excluding hydrogens is 230 g/mol. The molecule has 1 N–H and O–H groups in total. The molecule has 0 aromatic carbocycles. The molecule has 1 rings (SSSR count). The third-order valence-electron chi connectivity index (χ3n) is 3.23. The molecule has 0 aliphatic carbocycles. The van der Waals surface area contributed by atoms with Crippen molar-refractivity contribution in [2.75, 3.05) is 6.54 Å². The van der Waals surface area contributed by atoms with Gasteiger partial charge in [-0.1, -0.05) is 13.8 Å². The van der Waals surface area contributed by atoms with Crippen molar-refractivity contribution in [3.05, 3.63) is 33.6 Å². The number of hydrogen-bond acceptors (Lipinski definition) is 4. The minimum Gasteiger partial charge on any atom is -0.314 e. The van der Waals surface area contributed by atoms with Crippen molar-refractivity contribution in [3.63, 3.8) is 0 Å². The van der Waals surface area contributed by atoms with Crippen molar-refractivity contribution in [1.29, 1.82) is 0 Å². The van der Waals surface area contributed by atoms with Crippen LogP contribution >= 0.6 is 0 Å². The molecule has 18 heavy (non-hydrogen) atoms. The van der Waals surface area contributed by atoms with E-state index in [0.29, 0.717) is 11.3 Å². The summed E-state index contributed by atoms with van der Waals surface area (Å²) >= 11 is 0. The predicted molar refractivity (Wildman–Crippen MR) is 71.8 cm³/mol. The van der Waals surface area contributed by atoms with Crippen LogP contribution in [0.15, 0.2) is 12.3 Å². The molecule has 5 nitrogen and oxygen atoms in total. The van der Waals surface area contributed by atoms with Gasteiger partial charge in [-0.15, -0.1) is 0 Å². The average Bonchev–Trinajstić information content (AvgIpc) is 2.34. The van der Waals surface area contributed by atoms with Gasteiger partial charge in [0.1, 0.15) is 5.69 Å². The molecule has 0 spiro atoms. The lowest BCUT2D eigenvalue weighted by atomic mass is 9.96. The van der Waals surface area contributed by atoms with Crippen molar-refractivity contribution in [1.82, 2.24) is 10.3 Å². The summed E-state index contributed by atoms with van der Waals surface area (Å²) in [4.78, 5) is 15.0. The minimum absolute atomic E-state index is 0.0110. The Morgan fingerprint density at radius 1 is 1.50 bits per heavy atom. The second kappa shape index (κ2) is 6.44. The second-order valence-electron chi connectivity index (χ2n) is 4.65. The Balaban J connectivity index is 3.01. The summed E-state index contributed by atoms with van der Waals surface area (Å²) in [5.41, 5.74) is 1.38. The summed E-state index contributed by atoms with van der Waals surface area (Å²) < 4.78 is 0. The van der Waals surface area contributed by atoms with Gasteiger partial charge >= 0.3 is 0 Å². The number of rotatable bonds is 6. The molecule has 0 saturated carbocycles. The lowest BCUT2D eigenvalue weighted by Crippen LogP contribution is -2.32. The molecule has 1 aromatic heterocycles. The fourth-order valence-corrected chi connectivity index (χ4v) is 1.93. The van der Waals surface area contributed by atoms with Crippen LogP contribution in [0.3, 0.4) is 0 Å². The van der Waals surface area contributed by atoms with Crippen molar-refractivity contribution in [2.24, 2.45) is 0 Å². The van der Waals surface area contributed by atoms with Gasteiger partial charge in [-0.05, 0) is 32.9 Å². The van der Waals surface area contributed by atoms with Gasteiger partial charge in [0.05, 0.1) is 4.92 Å². The lowest BCUT2D eigenvalue weighted by Gasteiger charge is -2.20. The Morgan fingerprint density at radius 3 is 2.72 bits per heavy atom. The SMILES string of the molecule is CCCNC(C)C(C)c1nccc(C)c1[N+](=O)[O-]. The zero-order chi connectivity index (χ0) is 13.7. The van der Waals surface area contributed by atoms with Crippen LogP contribution in [-0.2, 0) is 0 Å². The largest absolute Gasteiger partial charge is 0.314 e. The maximum absolute atomic E-state index is 11.1. The van der Waals surface area contributed by atoms with E-state index in [2.05, 4.69) is 17.2 Å². The van der Waals surface area contributed by atoms with Crippen LogP contribution < -0.4 is 5.32 Å². The first-order valence-electron chi connectivity index (χ1n) is 6.32. The Morgan fingerprint density at radius 2 is 2.17 bits per heavy atom. The normalized spacial score (nSPS) is 14.2. The fraction of sp³-hybridized carbons (Fsp3) is 0.615. The van der Waals surface area contributed by atoms with E-state index >= 15 is 0 Å². The maximum Gasteiger partial charge on any atom is 0.293 e. The standard InChI is InChI=1S/C13H21N3O2/c1-5-7-14-11(4)10(3)12-13(16(17)18)9(2)6-8-15-12/h6,8,10-11,14H,5,7H2,1-4H3. The van der Waals surface area contributed by atoms with Gasteiger partial charge in [-0.25, -0.2) is 0 Å². The molecule has 0 aliphatic rings. The summed E-state index contributed by atoms with van der Waals surface area (Å²) in [6.45, 7) is 8.76. The number of hydrogen-bond donors (Lipinski definition) is 1. The maximum atomic E-state index is 11.1. The summed E-state index contributed by atoms with van der Waals surface area (Å²) in [6.07, 6.45) is 2.68. The molecule has 0 saturated heterocycles. The van der Waals surface area contributed by atoms with E-state index < -0.39 is 0 Å². The Kier molecular flexibility index (Phi) is 5.22. The van der Waals surface area contributed by atoms with Crippen LogP contribution in [0.4, 0.5) is 5.69 Å². The third kappa shape index (κ3) is 3.26. The number of nitrogens with zero attached hydrogens (tertiary/aromatic N) is 2. The monoisotopic (exact) mass is 251 g/mol. The van der Waals surface area contributed by atoms with E-state index in [1.807, 2.05) is 13.8 Å². The van der Waals surface area contributed by atoms with Crippen LogP contribution in [-0.4, -0.2) is 22.5 Å². The lowest BCUT2D eigenvalue weighted by molar-refractivity contribution is -0.386. The highest BCUT2D eigenvalue weighted by atomic mass is 16.6. The number of aryl methyl sites for hydroxylation is 1. The zero-order valence-corrected chi connectivity index (χ0v) is 11.4. The van der Waals surface area contributed by atoms with E-state index in [9.17, 15) is 10.1 Å². The zero-order valence-electron chi connectivity index (χ0n) is 11.4. The molecule has 1 aromatic rings. The van der Waals surface area contributed by atoms with Crippen molar-refractivity contribution < 1.29 is 4.92 Å². The van der Waals surface area contributed by atoms with Gasteiger partial charge in [0.25, 0.3) is 5.69 Å². The number of nitrogens with one attached hydrogen (secondary N) is 1. The molecule has 0 aliphatic heterocycles. The number of nitro groups is 1. The highest BCUT2D eigenvalue weighted by molar-refractivity contribution is 5.44. The summed E-state index contributed by atoms with van der Waals surface area (Å²) in [6, 6.07) is 1.84. The van der Waals surface area contributed by atoms with Crippen LogP contribution in [0.5, 0.6) is 0 Å². The first-order chi connectivity index (χ1) is 8.49.